The Balaban J connectivity index is 1.98. The maximum atomic E-state index is 11.6. The number of nitrogens with zero attached hydrogens (tertiary/aromatic N) is 2. The number of hydrogen-bond donors (Lipinski definition) is 0. The van der Waals surface area contributed by atoms with Gasteiger partial charge in [0, 0.05) is 12.4 Å². The molecule has 0 aliphatic rings. The van der Waals surface area contributed by atoms with Crippen LogP contribution in [0.4, 0.5) is 0 Å². The number of benzene rings is 1. The Morgan fingerprint density at radius 2 is 2.25 bits per heavy atom. The molecule has 2 aromatic rings. The third-order valence-electron chi connectivity index (χ3n) is 2.24. The van der Waals surface area contributed by atoms with Crippen LogP contribution in [0.1, 0.15) is 10.4 Å². The van der Waals surface area contributed by atoms with Crippen molar-refractivity contribution >= 4 is 5.91 Å². The Kier molecular flexibility index (Phi) is 3.00. The van der Waals surface area contributed by atoms with Gasteiger partial charge in [0.15, 0.2) is 6.61 Å². The molecule has 4 nitrogen and oxygen atoms in total. The van der Waals surface area contributed by atoms with Crippen molar-refractivity contribution < 1.29 is 9.53 Å². The molecule has 1 heterocycles. The zero-order chi connectivity index (χ0) is 11.4. The highest BCUT2D eigenvalue weighted by Crippen LogP contribution is 2.15. The van der Waals surface area contributed by atoms with E-state index in [1.54, 1.807) is 12.4 Å². The van der Waals surface area contributed by atoms with Gasteiger partial charge in [-0.25, -0.2) is 4.98 Å². The van der Waals surface area contributed by atoms with Crippen molar-refractivity contribution in [2.45, 2.75) is 6.92 Å². The Bertz CT molecular complexity index is 478. The molecular weight excluding hydrogens is 204 g/mol. The summed E-state index contributed by atoms with van der Waals surface area (Å²) >= 11 is 0. The third kappa shape index (κ3) is 2.28. The Labute approximate surface area is 93.5 Å². The van der Waals surface area contributed by atoms with Crippen molar-refractivity contribution in [3.63, 3.8) is 0 Å². The number of carbonyl (C=O) groups excluding carboxylic acids is 1. The van der Waals surface area contributed by atoms with Crippen LogP contribution in [0.15, 0.2) is 43.0 Å². The van der Waals surface area contributed by atoms with E-state index in [-0.39, 0.29) is 12.5 Å². The molecule has 0 fully saturated rings. The second kappa shape index (κ2) is 4.61. The summed E-state index contributed by atoms with van der Waals surface area (Å²) < 4.78 is 6.83. The van der Waals surface area contributed by atoms with Gasteiger partial charge in [-0.3, -0.25) is 9.36 Å². The lowest BCUT2D eigenvalue weighted by Gasteiger charge is -2.07. The van der Waals surface area contributed by atoms with Gasteiger partial charge in [-0.15, -0.1) is 0 Å². The Morgan fingerprint density at radius 1 is 1.44 bits per heavy atom. The van der Waals surface area contributed by atoms with Crippen molar-refractivity contribution in [2.24, 2.45) is 0 Å². The summed E-state index contributed by atoms with van der Waals surface area (Å²) in [6.07, 6.45) is 4.62. The van der Waals surface area contributed by atoms with Crippen LogP contribution >= 0.6 is 0 Å². The molecule has 0 unspecified atom stereocenters. The lowest BCUT2D eigenvalue weighted by Crippen LogP contribution is -2.17. The van der Waals surface area contributed by atoms with Crippen LogP contribution in [0, 0.1) is 6.92 Å². The molecule has 1 aromatic carbocycles. The van der Waals surface area contributed by atoms with Gasteiger partial charge in [0.25, 0.3) is 5.91 Å². The highest BCUT2D eigenvalue weighted by atomic mass is 16.5. The summed E-state index contributed by atoms with van der Waals surface area (Å²) in [6.45, 7) is 1.96. The molecule has 0 saturated heterocycles. The van der Waals surface area contributed by atoms with Gasteiger partial charge in [0.1, 0.15) is 12.1 Å². The molecule has 2 rings (SSSR count). The summed E-state index contributed by atoms with van der Waals surface area (Å²) in [6, 6.07) is 7.59. The number of aryl methyl sites for hydroxylation is 1. The highest BCUT2D eigenvalue weighted by molar-refractivity contribution is 5.80. The largest absolute Gasteiger partial charge is 0.483 e. The minimum Gasteiger partial charge on any atom is -0.483 e. The summed E-state index contributed by atoms with van der Waals surface area (Å²) in [7, 11) is 0. The summed E-state index contributed by atoms with van der Waals surface area (Å²) in [5, 5.41) is 0. The van der Waals surface area contributed by atoms with Crippen LogP contribution in [-0.4, -0.2) is 22.1 Å². The zero-order valence-corrected chi connectivity index (χ0v) is 8.96. The molecule has 0 N–H and O–H groups in total. The van der Waals surface area contributed by atoms with E-state index in [1.165, 1.54) is 10.9 Å². The maximum Gasteiger partial charge on any atom is 0.269 e. The van der Waals surface area contributed by atoms with Crippen molar-refractivity contribution in [3.05, 3.63) is 48.5 Å². The Morgan fingerprint density at radius 3 is 2.94 bits per heavy atom. The van der Waals surface area contributed by atoms with Gasteiger partial charge in [0.2, 0.25) is 0 Å². The van der Waals surface area contributed by atoms with E-state index in [0.29, 0.717) is 0 Å². The standard InChI is InChI=1S/C12H12N2O2/c1-10-4-2-3-5-11(10)16-8-12(15)14-7-6-13-9-14/h2-7,9H,8H2,1H3. The molecule has 4 heteroatoms. The summed E-state index contributed by atoms with van der Waals surface area (Å²) in [4.78, 5) is 15.4. The van der Waals surface area contributed by atoms with Crippen LogP contribution in [0.2, 0.25) is 0 Å². The predicted molar refractivity (Wildman–Crippen MR) is 59.5 cm³/mol. The normalized spacial score (nSPS) is 10.1. The van der Waals surface area contributed by atoms with Gasteiger partial charge in [0.05, 0.1) is 0 Å². The fourth-order valence-corrected chi connectivity index (χ4v) is 1.34. The first-order valence-electron chi connectivity index (χ1n) is 4.97. The van der Waals surface area contributed by atoms with Crippen molar-refractivity contribution in [3.8, 4) is 5.75 Å². The molecule has 0 radical (unpaired) electrons. The van der Waals surface area contributed by atoms with Crippen molar-refractivity contribution in [1.82, 2.24) is 9.55 Å². The fourth-order valence-electron chi connectivity index (χ4n) is 1.34. The summed E-state index contributed by atoms with van der Waals surface area (Å²) in [5.41, 5.74) is 1.01. The molecule has 0 spiro atoms. The number of ether oxygens (including phenoxy) is 1. The van der Waals surface area contributed by atoms with Crippen molar-refractivity contribution in [2.75, 3.05) is 6.61 Å². The first kappa shape index (κ1) is 10.4. The first-order chi connectivity index (χ1) is 7.77. The predicted octanol–water partition coefficient (Wildman–Crippen LogP) is 1.91. The van der Waals surface area contributed by atoms with E-state index in [2.05, 4.69) is 4.98 Å². The first-order valence-corrected chi connectivity index (χ1v) is 4.97. The second-order valence-electron chi connectivity index (χ2n) is 3.42. The third-order valence-corrected chi connectivity index (χ3v) is 2.24. The van der Waals surface area contributed by atoms with Crippen LogP contribution in [-0.2, 0) is 0 Å². The lowest BCUT2D eigenvalue weighted by atomic mass is 10.2. The molecule has 0 amide bonds. The van der Waals surface area contributed by atoms with Crippen molar-refractivity contribution in [1.29, 1.82) is 0 Å². The number of hydrogen-bond acceptors (Lipinski definition) is 3. The number of aromatic nitrogens is 2. The van der Waals surface area contributed by atoms with E-state index in [0.717, 1.165) is 11.3 Å². The monoisotopic (exact) mass is 216 g/mol. The molecular formula is C12H12N2O2. The molecule has 1 aromatic heterocycles. The number of imidazole rings is 1. The SMILES string of the molecule is Cc1ccccc1OCC(=O)n1ccnc1. The zero-order valence-electron chi connectivity index (χ0n) is 8.96. The molecule has 0 aliphatic heterocycles. The quantitative estimate of drug-likeness (QED) is 0.787. The number of carbonyl (C=O) groups is 1. The van der Waals surface area contributed by atoms with Gasteiger partial charge in [-0.2, -0.15) is 0 Å². The Hall–Kier alpha value is -2.10. The van der Waals surface area contributed by atoms with E-state index in [1.807, 2.05) is 31.2 Å². The average Bonchev–Trinajstić information content (AvgIpc) is 2.81. The molecule has 82 valence electrons. The van der Waals surface area contributed by atoms with Gasteiger partial charge in [-0.05, 0) is 18.6 Å². The molecule has 0 bridgehead atoms. The topological polar surface area (TPSA) is 44.1 Å². The van der Waals surface area contributed by atoms with Crippen LogP contribution in [0.3, 0.4) is 0 Å². The minimum atomic E-state index is -0.138. The van der Waals surface area contributed by atoms with Crippen LogP contribution in [0.25, 0.3) is 0 Å². The molecule has 0 atom stereocenters. The molecule has 16 heavy (non-hydrogen) atoms. The highest BCUT2D eigenvalue weighted by Gasteiger charge is 2.05. The number of rotatable bonds is 3. The van der Waals surface area contributed by atoms with Crippen LogP contribution in [0.5, 0.6) is 5.75 Å². The van der Waals surface area contributed by atoms with E-state index in [4.69, 9.17) is 4.74 Å². The van der Waals surface area contributed by atoms with Crippen LogP contribution < -0.4 is 4.74 Å². The van der Waals surface area contributed by atoms with E-state index < -0.39 is 0 Å². The van der Waals surface area contributed by atoms with Gasteiger partial charge < -0.3 is 4.74 Å². The van der Waals surface area contributed by atoms with Gasteiger partial charge >= 0.3 is 0 Å². The van der Waals surface area contributed by atoms with E-state index >= 15 is 0 Å². The molecule has 0 aliphatic carbocycles. The second-order valence-corrected chi connectivity index (χ2v) is 3.42. The fraction of sp³-hybridized carbons (Fsp3) is 0.167. The summed E-state index contributed by atoms with van der Waals surface area (Å²) in [5.74, 6) is 0.594. The molecule has 0 saturated carbocycles. The number of para-hydroxylation sites is 1. The van der Waals surface area contributed by atoms with E-state index in [9.17, 15) is 4.79 Å². The average molecular weight is 216 g/mol. The lowest BCUT2D eigenvalue weighted by molar-refractivity contribution is 0.0837. The minimum absolute atomic E-state index is 0.0151. The smallest absolute Gasteiger partial charge is 0.269 e. The van der Waals surface area contributed by atoms with Gasteiger partial charge in [-0.1, -0.05) is 18.2 Å². The maximum absolute atomic E-state index is 11.6.